The number of benzene rings is 2. The molecule has 0 saturated heterocycles. The molecule has 2 aromatic carbocycles. The van der Waals surface area contributed by atoms with Gasteiger partial charge in [-0.15, -0.1) is 5.10 Å². The summed E-state index contributed by atoms with van der Waals surface area (Å²) in [5, 5.41) is 13.0. The minimum Gasteiger partial charge on any atom is -0.497 e. The van der Waals surface area contributed by atoms with Gasteiger partial charge >= 0.3 is 0 Å². The maximum atomic E-state index is 12.6. The predicted molar refractivity (Wildman–Crippen MR) is 112 cm³/mol. The average Bonchev–Trinajstić information content (AvgIpc) is 3.08. The average molecular weight is 410 g/mol. The molecule has 0 aliphatic rings. The normalized spacial score (nSPS) is 10.4. The van der Waals surface area contributed by atoms with Crippen LogP contribution in [0.1, 0.15) is 16.1 Å². The van der Waals surface area contributed by atoms with E-state index in [1.165, 1.54) is 14.2 Å². The van der Waals surface area contributed by atoms with Crippen molar-refractivity contribution in [2.75, 3.05) is 30.6 Å². The van der Waals surface area contributed by atoms with Crippen molar-refractivity contribution in [2.24, 2.45) is 0 Å². The Hall–Kier alpha value is -4.08. The lowest BCUT2D eigenvalue weighted by Crippen LogP contribution is -2.21. The number of carbonyl (C=O) groups is 2. The van der Waals surface area contributed by atoms with Gasteiger partial charge in [0.2, 0.25) is 5.91 Å². The maximum Gasteiger partial charge on any atom is 0.280 e. The van der Waals surface area contributed by atoms with Crippen molar-refractivity contribution >= 4 is 29.0 Å². The van der Waals surface area contributed by atoms with Crippen LogP contribution in [-0.4, -0.2) is 41.0 Å². The minimum atomic E-state index is -0.593. The molecule has 30 heavy (non-hydrogen) atoms. The summed E-state index contributed by atoms with van der Waals surface area (Å²) >= 11 is 0. The summed E-state index contributed by atoms with van der Waals surface area (Å²) in [4.78, 5) is 24.9. The second-order valence-corrected chi connectivity index (χ2v) is 6.42. The molecule has 0 unspecified atom stereocenters. The van der Waals surface area contributed by atoms with E-state index in [9.17, 15) is 9.59 Å². The van der Waals surface area contributed by atoms with Gasteiger partial charge < -0.3 is 25.8 Å². The highest BCUT2D eigenvalue weighted by molar-refractivity contribution is 6.06. The molecule has 10 heteroatoms. The second-order valence-electron chi connectivity index (χ2n) is 6.42. The van der Waals surface area contributed by atoms with Crippen LogP contribution in [0.5, 0.6) is 11.5 Å². The van der Waals surface area contributed by atoms with Gasteiger partial charge in [-0.1, -0.05) is 17.3 Å². The Kier molecular flexibility index (Phi) is 6.16. The summed E-state index contributed by atoms with van der Waals surface area (Å²) in [7, 11) is 2.99. The van der Waals surface area contributed by atoms with Crippen LogP contribution in [0.3, 0.4) is 0 Å². The summed E-state index contributed by atoms with van der Waals surface area (Å²) in [6, 6.07) is 12.3. The molecule has 1 aromatic heterocycles. The predicted octanol–water partition coefficient (Wildman–Crippen LogP) is 2.08. The summed E-state index contributed by atoms with van der Waals surface area (Å²) < 4.78 is 11.6. The number of nitrogens with zero attached hydrogens (tertiary/aromatic N) is 3. The van der Waals surface area contributed by atoms with Crippen LogP contribution in [0, 0.1) is 6.92 Å². The lowest BCUT2D eigenvalue weighted by molar-refractivity contribution is -0.116. The smallest absolute Gasteiger partial charge is 0.280 e. The van der Waals surface area contributed by atoms with E-state index >= 15 is 0 Å². The third kappa shape index (κ3) is 4.66. The number of carbonyl (C=O) groups excluding carboxylic acids is 2. The number of methoxy groups -OCH3 is 2. The second kappa shape index (κ2) is 8.95. The third-order valence-corrected chi connectivity index (χ3v) is 4.24. The fraction of sp³-hybridized carbons (Fsp3) is 0.200. The van der Waals surface area contributed by atoms with Gasteiger partial charge in [0, 0.05) is 11.8 Å². The zero-order chi connectivity index (χ0) is 21.7. The molecular formula is C20H22N6O4. The number of hydrogen-bond acceptors (Lipinski definition) is 7. The molecule has 0 aliphatic heterocycles. The number of nitrogens with one attached hydrogen (secondary N) is 2. The molecular weight excluding hydrogens is 388 g/mol. The fourth-order valence-corrected chi connectivity index (χ4v) is 2.75. The lowest BCUT2D eigenvalue weighted by atomic mass is 10.2. The molecule has 0 fully saturated rings. The molecule has 1 heterocycles. The Morgan fingerprint density at radius 1 is 1.10 bits per heavy atom. The van der Waals surface area contributed by atoms with Crippen molar-refractivity contribution in [1.82, 2.24) is 15.0 Å². The van der Waals surface area contributed by atoms with Crippen LogP contribution in [0.15, 0.2) is 42.5 Å². The number of hydrogen-bond donors (Lipinski definition) is 3. The molecule has 0 atom stereocenters. The molecule has 0 aliphatic carbocycles. The largest absolute Gasteiger partial charge is 0.497 e. The topological polar surface area (TPSA) is 133 Å². The van der Waals surface area contributed by atoms with Gasteiger partial charge in [0.25, 0.3) is 5.91 Å². The van der Waals surface area contributed by atoms with Gasteiger partial charge in [-0.25, -0.2) is 4.68 Å². The number of nitrogens with two attached hydrogens (primary N) is 1. The Morgan fingerprint density at radius 2 is 1.90 bits per heavy atom. The summed E-state index contributed by atoms with van der Waals surface area (Å²) in [5.41, 5.74) is 7.93. The SMILES string of the molecule is COc1ccc(OC)c(NC(=O)c2nnn(CC(=O)Nc3cccc(C)c3)c2N)c1. The first kappa shape index (κ1) is 20.6. The molecule has 3 aromatic rings. The molecule has 3 rings (SSSR count). The van der Waals surface area contributed by atoms with E-state index in [1.807, 2.05) is 25.1 Å². The third-order valence-electron chi connectivity index (χ3n) is 4.24. The minimum absolute atomic E-state index is 0.0336. The van der Waals surface area contributed by atoms with E-state index in [2.05, 4.69) is 20.9 Å². The number of rotatable bonds is 7. The van der Waals surface area contributed by atoms with Crippen LogP contribution < -0.4 is 25.8 Å². The van der Waals surface area contributed by atoms with Crippen molar-refractivity contribution in [3.05, 3.63) is 53.7 Å². The Balaban J connectivity index is 1.71. The van der Waals surface area contributed by atoms with E-state index in [1.54, 1.807) is 24.3 Å². The van der Waals surface area contributed by atoms with Crippen LogP contribution in [-0.2, 0) is 11.3 Å². The monoisotopic (exact) mass is 410 g/mol. The first-order valence-corrected chi connectivity index (χ1v) is 9.00. The van der Waals surface area contributed by atoms with Crippen molar-refractivity contribution in [3.63, 3.8) is 0 Å². The maximum absolute atomic E-state index is 12.6. The summed E-state index contributed by atoms with van der Waals surface area (Å²) in [6.07, 6.45) is 0. The van der Waals surface area contributed by atoms with Gasteiger partial charge in [-0.2, -0.15) is 0 Å². The van der Waals surface area contributed by atoms with Gasteiger partial charge in [0.15, 0.2) is 11.5 Å². The number of nitrogen functional groups attached to an aromatic ring is 1. The van der Waals surface area contributed by atoms with Crippen molar-refractivity contribution in [3.8, 4) is 11.5 Å². The van der Waals surface area contributed by atoms with Crippen LogP contribution in [0.4, 0.5) is 17.2 Å². The number of amides is 2. The first-order valence-electron chi connectivity index (χ1n) is 9.00. The summed E-state index contributed by atoms with van der Waals surface area (Å²) in [5.74, 6) is -0.0000321. The zero-order valence-electron chi connectivity index (χ0n) is 16.8. The highest BCUT2D eigenvalue weighted by Crippen LogP contribution is 2.29. The van der Waals surface area contributed by atoms with Crippen molar-refractivity contribution in [2.45, 2.75) is 13.5 Å². The van der Waals surface area contributed by atoms with Crippen LogP contribution >= 0.6 is 0 Å². The highest BCUT2D eigenvalue weighted by Gasteiger charge is 2.20. The molecule has 0 saturated carbocycles. The molecule has 0 radical (unpaired) electrons. The number of aryl methyl sites for hydroxylation is 1. The first-order chi connectivity index (χ1) is 14.4. The fourth-order valence-electron chi connectivity index (χ4n) is 2.75. The summed E-state index contributed by atoms with van der Waals surface area (Å²) in [6.45, 7) is 1.73. The Labute approximate surface area is 173 Å². The zero-order valence-corrected chi connectivity index (χ0v) is 16.8. The van der Waals surface area contributed by atoms with Crippen molar-refractivity contribution in [1.29, 1.82) is 0 Å². The van der Waals surface area contributed by atoms with E-state index in [0.29, 0.717) is 22.9 Å². The molecule has 4 N–H and O–H groups in total. The quantitative estimate of drug-likeness (QED) is 0.543. The van der Waals surface area contributed by atoms with Gasteiger partial charge in [-0.3, -0.25) is 9.59 Å². The van der Waals surface area contributed by atoms with Crippen LogP contribution in [0.2, 0.25) is 0 Å². The van der Waals surface area contributed by atoms with E-state index in [4.69, 9.17) is 15.2 Å². The van der Waals surface area contributed by atoms with E-state index < -0.39 is 5.91 Å². The lowest BCUT2D eigenvalue weighted by Gasteiger charge is -2.11. The van der Waals surface area contributed by atoms with E-state index in [-0.39, 0.29) is 24.0 Å². The molecule has 156 valence electrons. The molecule has 10 nitrogen and oxygen atoms in total. The Bertz CT molecular complexity index is 1080. The standard InChI is InChI=1S/C20H22N6O4/c1-12-5-4-6-13(9-12)22-17(27)11-26-19(21)18(24-25-26)20(28)23-15-10-14(29-2)7-8-16(15)30-3/h4-10H,11,21H2,1-3H3,(H,22,27)(H,23,28). The Morgan fingerprint density at radius 3 is 2.60 bits per heavy atom. The molecule has 0 spiro atoms. The number of aromatic nitrogens is 3. The van der Waals surface area contributed by atoms with Gasteiger partial charge in [-0.05, 0) is 36.8 Å². The number of anilines is 3. The number of ether oxygens (including phenoxy) is 2. The van der Waals surface area contributed by atoms with Gasteiger partial charge in [0.05, 0.1) is 19.9 Å². The van der Waals surface area contributed by atoms with Crippen molar-refractivity contribution < 1.29 is 19.1 Å². The van der Waals surface area contributed by atoms with E-state index in [0.717, 1.165) is 10.2 Å². The highest BCUT2D eigenvalue weighted by atomic mass is 16.5. The van der Waals surface area contributed by atoms with Gasteiger partial charge in [0.1, 0.15) is 18.0 Å². The molecule has 2 amide bonds. The molecule has 0 bridgehead atoms. The van der Waals surface area contributed by atoms with Crippen LogP contribution in [0.25, 0.3) is 0 Å².